The van der Waals surface area contributed by atoms with Gasteiger partial charge in [-0.05, 0) is 37.2 Å². The van der Waals surface area contributed by atoms with Crippen LogP contribution in [0.5, 0.6) is 5.75 Å². The number of rotatable bonds is 4. The van der Waals surface area contributed by atoms with E-state index in [2.05, 4.69) is 10.4 Å². The van der Waals surface area contributed by atoms with E-state index >= 15 is 0 Å². The largest absolute Gasteiger partial charge is 0.488 e. The van der Waals surface area contributed by atoms with Crippen molar-refractivity contribution in [2.45, 2.75) is 17.4 Å². The Labute approximate surface area is 144 Å². The molecule has 0 radical (unpaired) electrons. The maximum Gasteiger partial charge on any atom is 0.286 e. The minimum atomic E-state index is -4.13. The second kappa shape index (κ2) is 6.12. The van der Waals surface area contributed by atoms with Gasteiger partial charge in [0.2, 0.25) is 0 Å². The minimum absolute atomic E-state index is 0.0390. The van der Waals surface area contributed by atoms with Gasteiger partial charge in [0, 0.05) is 6.54 Å². The predicted molar refractivity (Wildman–Crippen MR) is 90.6 cm³/mol. The number of hydrogen-bond acceptors (Lipinski definition) is 5. The maximum absolute atomic E-state index is 14.0. The molecule has 2 heterocycles. The van der Waals surface area contributed by atoms with Crippen molar-refractivity contribution in [2.75, 3.05) is 13.1 Å². The molecule has 0 bridgehead atoms. The summed E-state index contributed by atoms with van der Waals surface area (Å²) in [6.45, 7) is 1.64. The molecule has 1 aromatic heterocycles. The van der Waals surface area contributed by atoms with E-state index in [1.54, 1.807) is 18.2 Å². The van der Waals surface area contributed by atoms with Gasteiger partial charge in [-0.2, -0.15) is 17.6 Å². The molecule has 0 spiro atoms. The topological polar surface area (TPSA) is 73.2 Å². The molecule has 6 nitrogen and oxygen atoms in total. The van der Waals surface area contributed by atoms with Crippen molar-refractivity contribution in [3.8, 4) is 5.75 Å². The summed E-state index contributed by atoms with van der Waals surface area (Å²) < 4.78 is 46.4. The molecular weight excluding hydrogens is 345 g/mol. The fraction of sp³-hybridized carbons (Fsp3) is 0.235. The van der Waals surface area contributed by atoms with Gasteiger partial charge >= 0.3 is 0 Å². The van der Waals surface area contributed by atoms with Gasteiger partial charge in [-0.3, -0.25) is 0 Å². The van der Waals surface area contributed by atoms with Crippen molar-refractivity contribution in [3.05, 3.63) is 54.5 Å². The first-order chi connectivity index (χ1) is 12.1. The number of halogens is 1. The van der Waals surface area contributed by atoms with Crippen LogP contribution in [0.1, 0.15) is 6.42 Å². The Kier molecular flexibility index (Phi) is 3.93. The van der Waals surface area contributed by atoms with E-state index in [-0.39, 0.29) is 6.10 Å². The molecular formula is C17H16FN3O3S. The van der Waals surface area contributed by atoms with Gasteiger partial charge in [-0.1, -0.05) is 18.2 Å². The average molecular weight is 361 g/mol. The molecule has 1 fully saturated rings. The van der Waals surface area contributed by atoms with Crippen LogP contribution in [0.4, 0.5) is 4.39 Å². The van der Waals surface area contributed by atoms with Crippen molar-refractivity contribution >= 4 is 20.9 Å². The number of nitrogens with zero attached hydrogens (tertiary/aromatic N) is 2. The molecule has 0 amide bonds. The molecule has 8 heteroatoms. The molecule has 1 aliphatic heterocycles. The zero-order valence-electron chi connectivity index (χ0n) is 13.2. The molecule has 0 aliphatic carbocycles. The molecule has 1 aliphatic rings. The fourth-order valence-corrected chi connectivity index (χ4v) is 4.29. The Morgan fingerprint density at radius 3 is 2.80 bits per heavy atom. The van der Waals surface area contributed by atoms with Gasteiger partial charge < -0.3 is 10.1 Å². The van der Waals surface area contributed by atoms with Crippen LogP contribution in [0.15, 0.2) is 53.6 Å². The molecule has 3 aromatic rings. The van der Waals surface area contributed by atoms with E-state index in [1.807, 2.05) is 0 Å². The molecule has 130 valence electrons. The van der Waals surface area contributed by atoms with Gasteiger partial charge in [0.15, 0.2) is 0 Å². The van der Waals surface area contributed by atoms with Gasteiger partial charge in [0.05, 0.1) is 17.1 Å². The van der Waals surface area contributed by atoms with Gasteiger partial charge in [-0.25, -0.2) is 4.39 Å². The van der Waals surface area contributed by atoms with E-state index in [1.165, 1.54) is 24.4 Å². The first-order valence-corrected chi connectivity index (χ1v) is 9.35. The molecule has 25 heavy (non-hydrogen) atoms. The third-order valence-electron chi connectivity index (χ3n) is 4.19. The highest BCUT2D eigenvalue weighted by Crippen LogP contribution is 2.29. The van der Waals surface area contributed by atoms with E-state index in [4.69, 9.17) is 4.74 Å². The van der Waals surface area contributed by atoms with Crippen molar-refractivity contribution in [1.82, 2.24) is 14.5 Å². The van der Waals surface area contributed by atoms with Crippen LogP contribution >= 0.6 is 0 Å². The lowest BCUT2D eigenvalue weighted by molar-refractivity contribution is 0.226. The zero-order valence-corrected chi connectivity index (χ0v) is 14.0. The monoisotopic (exact) mass is 361 g/mol. The van der Waals surface area contributed by atoms with E-state index < -0.39 is 20.7 Å². The number of fused-ring (bicyclic) bond motifs is 1. The third kappa shape index (κ3) is 2.77. The molecule has 1 unspecified atom stereocenters. The van der Waals surface area contributed by atoms with Crippen molar-refractivity contribution in [1.29, 1.82) is 0 Å². The van der Waals surface area contributed by atoms with Gasteiger partial charge in [-0.15, -0.1) is 0 Å². The van der Waals surface area contributed by atoms with Crippen LogP contribution in [0.3, 0.4) is 0 Å². The maximum atomic E-state index is 14.0. The second-order valence-corrected chi connectivity index (χ2v) is 7.58. The second-order valence-electron chi connectivity index (χ2n) is 5.84. The minimum Gasteiger partial charge on any atom is -0.488 e. The lowest BCUT2D eigenvalue weighted by Crippen LogP contribution is -2.19. The Bertz CT molecular complexity index is 1030. The lowest BCUT2D eigenvalue weighted by atomic mass is 10.2. The van der Waals surface area contributed by atoms with Crippen LogP contribution in [-0.2, 0) is 10.0 Å². The van der Waals surface area contributed by atoms with Crippen LogP contribution in [0.2, 0.25) is 0 Å². The summed E-state index contributed by atoms with van der Waals surface area (Å²) in [5.41, 5.74) is 0.353. The third-order valence-corrected chi connectivity index (χ3v) is 5.83. The molecule has 1 saturated heterocycles. The van der Waals surface area contributed by atoms with Crippen molar-refractivity contribution in [2.24, 2.45) is 0 Å². The highest BCUT2D eigenvalue weighted by atomic mass is 32.2. The van der Waals surface area contributed by atoms with E-state index in [0.717, 1.165) is 29.7 Å². The number of nitrogens with one attached hydrogen (secondary N) is 1. The highest BCUT2D eigenvalue weighted by molar-refractivity contribution is 7.90. The Hall–Kier alpha value is -2.45. The summed E-state index contributed by atoms with van der Waals surface area (Å²) in [7, 11) is -4.13. The summed E-state index contributed by atoms with van der Waals surface area (Å²) in [6, 6.07) is 10.4. The predicted octanol–water partition coefficient (Wildman–Crippen LogP) is 2.15. The Balaban J connectivity index is 1.80. The number of ether oxygens (including phenoxy) is 1. The molecule has 2 aromatic carbocycles. The number of aromatic nitrogens is 2. The smallest absolute Gasteiger partial charge is 0.286 e. The van der Waals surface area contributed by atoms with Crippen molar-refractivity contribution in [3.63, 3.8) is 0 Å². The first kappa shape index (κ1) is 16.0. The number of hydrogen-bond donors (Lipinski definition) is 1. The van der Waals surface area contributed by atoms with Crippen LogP contribution in [-0.4, -0.2) is 36.8 Å². The van der Waals surface area contributed by atoms with E-state index in [0.29, 0.717) is 16.7 Å². The summed E-state index contributed by atoms with van der Waals surface area (Å²) in [5.74, 6) is -0.239. The normalized spacial score (nSPS) is 17.9. The lowest BCUT2D eigenvalue weighted by Gasteiger charge is -2.13. The fourth-order valence-electron chi connectivity index (χ4n) is 2.95. The SMILES string of the molecule is O=S(=O)(c1ccccc1F)n1ncc2c(OC3CCNC3)cccc21. The summed E-state index contributed by atoms with van der Waals surface area (Å²) in [5, 5.41) is 7.78. The quantitative estimate of drug-likeness (QED) is 0.771. The summed E-state index contributed by atoms with van der Waals surface area (Å²) in [6.07, 6.45) is 2.36. The first-order valence-electron chi connectivity index (χ1n) is 7.91. The Morgan fingerprint density at radius 2 is 2.04 bits per heavy atom. The van der Waals surface area contributed by atoms with E-state index in [9.17, 15) is 12.8 Å². The summed E-state index contributed by atoms with van der Waals surface area (Å²) >= 11 is 0. The standard InChI is InChI=1S/C17H16FN3O3S/c18-14-4-1-2-7-17(14)25(22,23)21-15-5-3-6-16(13(15)11-20-21)24-12-8-9-19-10-12/h1-7,11-12,19H,8-10H2. The zero-order chi connectivity index (χ0) is 17.4. The summed E-state index contributed by atoms with van der Waals surface area (Å²) in [4.78, 5) is -0.411. The van der Waals surface area contributed by atoms with Gasteiger partial charge in [0.25, 0.3) is 10.0 Å². The highest BCUT2D eigenvalue weighted by Gasteiger charge is 2.25. The number of benzene rings is 2. The van der Waals surface area contributed by atoms with Crippen LogP contribution in [0, 0.1) is 5.82 Å². The van der Waals surface area contributed by atoms with Crippen LogP contribution < -0.4 is 10.1 Å². The van der Waals surface area contributed by atoms with Gasteiger partial charge in [0.1, 0.15) is 22.6 Å². The Morgan fingerprint density at radius 1 is 1.20 bits per heavy atom. The van der Waals surface area contributed by atoms with Crippen molar-refractivity contribution < 1.29 is 17.5 Å². The molecule has 1 N–H and O–H groups in total. The van der Waals surface area contributed by atoms with Crippen LogP contribution in [0.25, 0.3) is 10.9 Å². The molecule has 4 rings (SSSR count). The molecule has 1 atom stereocenters. The molecule has 0 saturated carbocycles. The average Bonchev–Trinajstić information content (AvgIpc) is 3.25.